The van der Waals surface area contributed by atoms with E-state index >= 15 is 0 Å². The quantitative estimate of drug-likeness (QED) is 0.149. The lowest BCUT2D eigenvalue weighted by atomic mass is 9.92. The Hall–Kier alpha value is -9.96. The van der Waals surface area contributed by atoms with Crippen molar-refractivity contribution < 1.29 is 4.42 Å². The van der Waals surface area contributed by atoms with Gasteiger partial charge >= 0.3 is 0 Å². The van der Waals surface area contributed by atoms with Gasteiger partial charge in [-0.1, -0.05) is 224 Å². The summed E-state index contributed by atoms with van der Waals surface area (Å²) >= 11 is 0. The van der Waals surface area contributed by atoms with Crippen LogP contribution in [0.3, 0.4) is 0 Å². The van der Waals surface area contributed by atoms with Crippen molar-refractivity contribution >= 4 is 65.6 Å². The van der Waals surface area contributed by atoms with E-state index in [1.807, 2.05) is 0 Å². The molecular formula is C72H46N2O. The molecule has 3 nitrogen and oxygen atoms in total. The van der Waals surface area contributed by atoms with Gasteiger partial charge in [0.15, 0.2) is 0 Å². The van der Waals surface area contributed by atoms with E-state index in [1.54, 1.807) is 0 Å². The third-order valence-electron chi connectivity index (χ3n) is 15.4. The smallest absolute Gasteiger partial charge is 0.143 e. The zero-order valence-corrected chi connectivity index (χ0v) is 40.9. The monoisotopic (exact) mass is 954 g/mol. The molecule has 3 heteroatoms. The molecule has 0 unspecified atom stereocenters. The average molecular weight is 955 g/mol. The van der Waals surface area contributed by atoms with Gasteiger partial charge in [0.2, 0.25) is 0 Å². The number of hydrogen-bond donors (Lipinski definition) is 0. The van der Waals surface area contributed by atoms with Gasteiger partial charge in [-0.15, -0.1) is 0 Å². The predicted octanol–water partition coefficient (Wildman–Crippen LogP) is 19.8. The van der Waals surface area contributed by atoms with Crippen molar-refractivity contribution in [3.8, 4) is 78.1 Å². The van der Waals surface area contributed by atoms with Crippen molar-refractivity contribution in [3.05, 3.63) is 279 Å². The molecule has 75 heavy (non-hydrogen) atoms. The summed E-state index contributed by atoms with van der Waals surface area (Å²) < 4.78 is 11.9. The molecule has 0 saturated heterocycles. The van der Waals surface area contributed by atoms with E-state index in [9.17, 15) is 0 Å². The van der Waals surface area contributed by atoms with Gasteiger partial charge in [0.1, 0.15) is 11.2 Å². The van der Waals surface area contributed by atoms with E-state index in [0.29, 0.717) is 0 Å². The highest BCUT2D eigenvalue weighted by atomic mass is 16.3. The minimum atomic E-state index is 0.872. The van der Waals surface area contributed by atoms with Crippen LogP contribution >= 0.6 is 0 Å². The number of furan rings is 1. The van der Waals surface area contributed by atoms with E-state index in [2.05, 4.69) is 288 Å². The van der Waals surface area contributed by atoms with Gasteiger partial charge in [-0.2, -0.15) is 0 Å². The molecule has 15 rings (SSSR count). The van der Waals surface area contributed by atoms with Crippen LogP contribution < -0.4 is 0 Å². The normalized spacial score (nSPS) is 11.7. The second-order valence-electron chi connectivity index (χ2n) is 19.5. The summed E-state index contributed by atoms with van der Waals surface area (Å²) in [5.41, 5.74) is 22.4. The van der Waals surface area contributed by atoms with E-state index in [0.717, 1.165) is 83.2 Å². The Morgan fingerprint density at radius 1 is 0.240 bits per heavy atom. The first kappa shape index (κ1) is 42.7. The van der Waals surface area contributed by atoms with Crippen LogP contribution in [0, 0.1) is 0 Å². The summed E-state index contributed by atoms with van der Waals surface area (Å²) in [7, 11) is 0. The lowest BCUT2D eigenvalue weighted by Crippen LogP contribution is -2.01. The molecule has 3 heterocycles. The van der Waals surface area contributed by atoms with Crippen LogP contribution in [0.2, 0.25) is 0 Å². The Kier molecular flexibility index (Phi) is 9.89. The first-order chi connectivity index (χ1) is 37.2. The fourth-order valence-corrected chi connectivity index (χ4v) is 12.1. The number of rotatable bonds is 8. The second kappa shape index (κ2) is 17.4. The van der Waals surface area contributed by atoms with E-state index in [4.69, 9.17) is 4.42 Å². The summed E-state index contributed by atoms with van der Waals surface area (Å²) in [6.07, 6.45) is 0. The van der Waals surface area contributed by atoms with Gasteiger partial charge in [0.25, 0.3) is 0 Å². The Morgan fingerprint density at radius 2 is 0.667 bits per heavy atom. The van der Waals surface area contributed by atoms with Crippen molar-refractivity contribution in [2.45, 2.75) is 0 Å². The minimum absolute atomic E-state index is 0.872. The second-order valence-corrected chi connectivity index (χ2v) is 19.5. The van der Waals surface area contributed by atoms with Crippen LogP contribution in [0.1, 0.15) is 0 Å². The van der Waals surface area contributed by atoms with Crippen molar-refractivity contribution in [2.24, 2.45) is 0 Å². The molecule has 0 radical (unpaired) electrons. The van der Waals surface area contributed by atoms with Gasteiger partial charge in [-0.25, -0.2) is 0 Å². The zero-order valence-electron chi connectivity index (χ0n) is 40.9. The topological polar surface area (TPSA) is 23.0 Å². The summed E-state index contributed by atoms with van der Waals surface area (Å²) in [5.74, 6) is 0. The number of nitrogens with zero attached hydrogens (tertiary/aromatic N) is 2. The van der Waals surface area contributed by atoms with Gasteiger partial charge in [0.05, 0.1) is 27.8 Å². The number of benzene rings is 12. The van der Waals surface area contributed by atoms with Crippen molar-refractivity contribution in [3.63, 3.8) is 0 Å². The van der Waals surface area contributed by atoms with Gasteiger partial charge in [-0.05, 0) is 105 Å². The summed E-state index contributed by atoms with van der Waals surface area (Å²) in [4.78, 5) is 0. The van der Waals surface area contributed by atoms with E-state index < -0.39 is 0 Å². The van der Waals surface area contributed by atoms with Crippen LogP contribution in [-0.4, -0.2) is 9.13 Å². The number of hydrogen-bond acceptors (Lipinski definition) is 1. The first-order valence-corrected chi connectivity index (χ1v) is 25.7. The van der Waals surface area contributed by atoms with Gasteiger partial charge in [0, 0.05) is 54.7 Å². The maximum atomic E-state index is 6.92. The Morgan fingerprint density at radius 3 is 1.31 bits per heavy atom. The molecule has 12 aromatic carbocycles. The van der Waals surface area contributed by atoms with E-state index in [-0.39, 0.29) is 0 Å². The van der Waals surface area contributed by atoms with Crippen LogP contribution in [0.5, 0.6) is 0 Å². The maximum Gasteiger partial charge on any atom is 0.143 e. The molecule has 15 aromatic rings. The van der Waals surface area contributed by atoms with Crippen molar-refractivity contribution in [2.75, 3.05) is 0 Å². The largest absolute Gasteiger partial charge is 0.455 e. The first-order valence-electron chi connectivity index (χ1n) is 25.7. The number of aromatic nitrogens is 2. The standard InChI is InChI=1S/C72H46N2O/c1-4-21-47(22-5-1)52-27-10-12-29-54(52)49-41-43-66-63(45-49)64-46-50(55-30-13-11-28-53(55)48-23-6-2-7-24-48)42-44-67(64)74(66)71-58(34-18-35-59(71)61-37-19-36-60-56-31-15-17-40-69(56)75-72(60)61)57-33-20-39-68-70(57)62-32-14-16-38-65(62)73(68)51-25-8-3-9-26-51/h1-46H. The molecule has 0 aliphatic carbocycles. The van der Waals surface area contributed by atoms with Crippen molar-refractivity contribution in [1.29, 1.82) is 0 Å². The molecule has 0 atom stereocenters. The van der Waals surface area contributed by atoms with Crippen LogP contribution in [-0.2, 0) is 0 Å². The average Bonchev–Trinajstić information content (AvgIpc) is 4.18. The molecule has 0 N–H and O–H groups in total. The molecule has 350 valence electrons. The Bertz CT molecular complexity index is 4550. The maximum absolute atomic E-state index is 6.92. The van der Waals surface area contributed by atoms with Crippen LogP contribution in [0.4, 0.5) is 0 Å². The molecule has 0 bridgehead atoms. The van der Waals surface area contributed by atoms with Gasteiger partial charge in [-0.3, -0.25) is 0 Å². The van der Waals surface area contributed by atoms with E-state index in [1.165, 1.54) is 60.4 Å². The highest BCUT2D eigenvalue weighted by molar-refractivity contribution is 6.19. The van der Waals surface area contributed by atoms with Crippen LogP contribution in [0.25, 0.3) is 144 Å². The molecule has 0 spiro atoms. The molecule has 0 fully saturated rings. The SMILES string of the molecule is c1ccc(-c2ccccc2-c2ccc3c(c2)c2cc(-c4ccccc4-c4ccccc4)ccc2n3-c2c(-c3cccc4c3oc3ccccc34)cccc2-c2cccc3c2c2ccccc2n3-c2ccccc2)cc1. The zero-order chi connectivity index (χ0) is 49.4. The Labute approximate surface area is 434 Å². The number of para-hydroxylation sites is 5. The highest BCUT2D eigenvalue weighted by Crippen LogP contribution is 2.49. The number of fused-ring (bicyclic) bond motifs is 9. The molecule has 0 saturated carbocycles. The van der Waals surface area contributed by atoms with Crippen LogP contribution in [0.15, 0.2) is 283 Å². The molecule has 3 aromatic heterocycles. The summed E-state index contributed by atoms with van der Waals surface area (Å²) in [6, 6.07) is 102. The third kappa shape index (κ3) is 6.83. The highest BCUT2D eigenvalue weighted by Gasteiger charge is 2.26. The lowest BCUT2D eigenvalue weighted by molar-refractivity contribution is 0.670. The van der Waals surface area contributed by atoms with Crippen molar-refractivity contribution in [1.82, 2.24) is 9.13 Å². The third-order valence-corrected chi connectivity index (χ3v) is 15.4. The Balaban J connectivity index is 1.07. The molecule has 0 aliphatic rings. The van der Waals surface area contributed by atoms with Gasteiger partial charge < -0.3 is 13.6 Å². The summed E-state index contributed by atoms with van der Waals surface area (Å²) in [5, 5.41) is 6.95. The molecule has 0 aliphatic heterocycles. The molecular weight excluding hydrogens is 909 g/mol. The minimum Gasteiger partial charge on any atom is -0.455 e. The fourth-order valence-electron chi connectivity index (χ4n) is 12.1. The lowest BCUT2D eigenvalue weighted by Gasteiger charge is -2.20. The predicted molar refractivity (Wildman–Crippen MR) is 315 cm³/mol. The summed E-state index contributed by atoms with van der Waals surface area (Å²) in [6.45, 7) is 0. The molecule has 0 amide bonds. The fraction of sp³-hybridized carbons (Fsp3) is 0.